The number of nitrogens with one attached hydrogen (secondary N) is 2. The molecule has 0 aliphatic carbocycles. The maximum atomic E-state index is 12.5. The second-order valence-corrected chi connectivity index (χ2v) is 7.41. The molecule has 4 rings (SSSR count). The molecule has 2 heterocycles. The highest BCUT2D eigenvalue weighted by molar-refractivity contribution is 7.09. The number of para-hydroxylation sites is 1. The van der Waals surface area contributed by atoms with Gasteiger partial charge in [0, 0.05) is 17.5 Å². The summed E-state index contributed by atoms with van der Waals surface area (Å²) in [7, 11) is 0. The van der Waals surface area contributed by atoms with Gasteiger partial charge in [-0.2, -0.15) is 0 Å². The van der Waals surface area contributed by atoms with Gasteiger partial charge >= 0.3 is 0 Å². The van der Waals surface area contributed by atoms with Crippen molar-refractivity contribution in [3.63, 3.8) is 0 Å². The molecule has 2 N–H and O–H groups in total. The van der Waals surface area contributed by atoms with E-state index in [1.165, 1.54) is 11.3 Å². The van der Waals surface area contributed by atoms with E-state index < -0.39 is 0 Å². The van der Waals surface area contributed by atoms with Crippen molar-refractivity contribution in [3.05, 3.63) is 76.2 Å². The molecule has 28 heavy (non-hydrogen) atoms. The first-order valence-corrected chi connectivity index (χ1v) is 9.88. The number of anilines is 1. The second kappa shape index (κ2) is 8.22. The Morgan fingerprint density at radius 3 is 2.86 bits per heavy atom. The molecule has 1 aromatic heterocycles. The molecule has 1 aliphatic rings. The third-order valence-corrected chi connectivity index (χ3v) is 5.25. The third kappa shape index (κ3) is 4.37. The lowest BCUT2D eigenvalue weighted by molar-refractivity contribution is -0.119. The predicted octanol–water partition coefficient (Wildman–Crippen LogP) is 3.93. The number of carbonyl (C=O) groups is 2. The van der Waals surface area contributed by atoms with Gasteiger partial charge in [-0.3, -0.25) is 9.59 Å². The fourth-order valence-corrected chi connectivity index (χ4v) is 3.72. The van der Waals surface area contributed by atoms with Crippen molar-refractivity contribution in [2.24, 2.45) is 0 Å². The molecular formula is C21H19N3O3S. The number of nitrogens with zero attached hydrogens (tertiary/aromatic N) is 1. The maximum absolute atomic E-state index is 12.5. The van der Waals surface area contributed by atoms with Gasteiger partial charge in [0.15, 0.2) is 0 Å². The standard InChI is InChI=1S/C21H19N3O3S/c25-19-10-9-17(23-19)14-5-4-6-15(11-14)22-21(26)18-13-28-20(24-18)12-27-16-7-2-1-3-8-16/h1-8,11,13,17H,9-10,12H2,(H,22,26)(H,23,25). The van der Waals surface area contributed by atoms with E-state index in [2.05, 4.69) is 15.6 Å². The van der Waals surface area contributed by atoms with E-state index in [0.29, 0.717) is 24.4 Å². The van der Waals surface area contributed by atoms with Gasteiger partial charge < -0.3 is 15.4 Å². The number of hydrogen-bond donors (Lipinski definition) is 2. The summed E-state index contributed by atoms with van der Waals surface area (Å²) in [6.45, 7) is 0.318. The van der Waals surface area contributed by atoms with Gasteiger partial charge in [0.25, 0.3) is 5.91 Å². The van der Waals surface area contributed by atoms with Gasteiger partial charge in [-0.05, 0) is 36.2 Å². The smallest absolute Gasteiger partial charge is 0.275 e. The molecule has 1 aliphatic heterocycles. The Hall–Kier alpha value is -3.19. The Labute approximate surface area is 166 Å². The Bertz CT molecular complexity index is 987. The van der Waals surface area contributed by atoms with Gasteiger partial charge in [-0.1, -0.05) is 30.3 Å². The fraction of sp³-hybridized carbons (Fsp3) is 0.190. The van der Waals surface area contributed by atoms with Gasteiger partial charge in [0.05, 0.1) is 6.04 Å². The van der Waals surface area contributed by atoms with Gasteiger partial charge in [0.2, 0.25) is 5.91 Å². The Balaban J connectivity index is 1.37. The maximum Gasteiger partial charge on any atom is 0.275 e. The molecule has 1 saturated heterocycles. The number of ether oxygens (including phenoxy) is 1. The molecule has 7 heteroatoms. The van der Waals surface area contributed by atoms with Crippen LogP contribution in [-0.4, -0.2) is 16.8 Å². The lowest BCUT2D eigenvalue weighted by Crippen LogP contribution is -2.18. The minimum atomic E-state index is -0.269. The zero-order valence-corrected chi connectivity index (χ0v) is 15.9. The van der Waals surface area contributed by atoms with Crippen LogP contribution >= 0.6 is 11.3 Å². The number of thiazole rings is 1. The molecule has 1 fully saturated rings. The molecule has 1 unspecified atom stereocenters. The molecule has 0 bridgehead atoms. The van der Waals surface area contributed by atoms with E-state index in [0.717, 1.165) is 22.7 Å². The summed E-state index contributed by atoms with van der Waals surface area (Å²) in [5, 5.41) is 8.26. The van der Waals surface area contributed by atoms with Crippen molar-refractivity contribution >= 4 is 28.8 Å². The van der Waals surface area contributed by atoms with Gasteiger partial charge in [-0.25, -0.2) is 4.98 Å². The lowest BCUT2D eigenvalue weighted by atomic mass is 10.0. The summed E-state index contributed by atoms with van der Waals surface area (Å²) < 4.78 is 5.67. The molecule has 3 aromatic rings. The first-order chi connectivity index (χ1) is 13.7. The minimum absolute atomic E-state index is 0.00497. The normalized spacial score (nSPS) is 15.9. The molecule has 2 amide bonds. The minimum Gasteiger partial charge on any atom is -0.486 e. The van der Waals surface area contributed by atoms with Crippen LogP contribution in [0.4, 0.5) is 5.69 Å². The summed E-state index contributed by atoms with van der Waals surface area (Å²) in [6, 6.07) is 17.0. The van der Waals surface area contributed by atoms with E-state index in [-0.39, 0.29) is 17.9 Å². The highest BCUT2D eigenvalue weighted by atomic mass is 32.1. The van der Waals surface area contributed by atoms with Crippen LogP contribution in [-0.2, 0) is 11.4 Å². The summed E-state index contributed by atoms with van der Waals surface area (Å²) in [5.74, 6) is 0.557. The second-order valence-electron chi connectivity index (χ2n) is 6.47. The van der Waals surface area contributed by atoms with Crippen molar-refractivity contribution in [1.29, 1.82) is 0 Å². The number of carbonyl (C=O) groups excluding carboxylic acids is 2. The largest absolute Gasteiger partial charge is 0.486 e. The summed E-state index contributed by atoms with van der Waals surface area (Å²) in [6.07, 6.45) is 1.31. The van der Waals surface area contributed by atoms with Crippen molar-refractivity contribution < 1.29 is 14.3 Å². The van der Waals surface area contributed by atoms with E-state index in [9.17, 15) is 9.59 Å². The zero-order valence-electron chi connectivity index (χ0n) is 15.1. The number of benzene rings is 2. The summed E-state index contributed by atoms with van der Waals surface area (Å²) in [4.78, 5) is 28.3. The number of aromatic nitrogens is 1. The van der Waals surface area contributed by atoms with Crippen LogP contribution in [0.15, 0.2) is 60.0 Å². The van der Waals surface area contributed by atoms with Crippen molar-refractivity contribution in [3.8, 4) is 5.75 Å². The van der Waals surface area contributed by atoms with Crippen molar-refractivity contribution in [1.82, 2.24) is 10.3 Å². The molecule has 142 valence electrons. The van der Waals surface area contributed by atoms with Crippen LogP contribution in [0.25, 0.3) is 0 Å². The van der Waals surface area contributed by atoms with Crippen LogP contribution in [0.1, 0.15) is 39.9 Å². The molecule has 2 aromatic carbocycles. The van der Waals surface area contributed by atoms with Crippen LogP contribution in [0.2, 0.25) is 0 Å². The Morgan fingerprint density at radius 2 is 2.07 bits per heavy atom. The first kappa shape index (κ1) is 18.2. The summed E-state index contributed by atoms with van der Waals surface area (Å²) >= 11 is 1.39. The summed E-state index contributed by atoms with van der Waals surface area (Å²) in [5.41, 5.74) is 2.02. The predicted molar refractivity (Wildman–Crippen MR) is 107 cm³/mol. The highest BCUT2D eigenvalue weighted by Crippen LogP contribution is 2.26. The van der Waals surface area contributed by atoms with E-state index >= 15 is 0 Å². The average molecular weight is 393 g/mol. The van der Waals surface area contributed by atoms with Crippen LogP contribution in [0.3, 0.4) is 0 Å². The molecule has 6 nitrogen and oxygen atoms in total. The number of rotatable bonds is 6. The first-order valence-electron chi connectivity index (χ1n) is 9.00. The van der Waals surface area contributed by atoms with E-state index in [4.69, 9.17) is 4.74 Å². The molecule has 0 saturated carbocycles. The molecular weight excluding hydrogens is 374 g/mol. The van der Waals surface area contributed by atoms with Crippen molar-refractivity contribution in [2.75, 3.05) is 5.32 Å². The van der Waals surface area contributed by atoms with E-state index in [1.54, 1.807) is 5.38 Å². The monoisotopic (exact) mass is 393 g/mol. The van der Waals surface area contributed by atoms with Gasteiger partial charge in [-0.15, -0.1) is 11.3 Å². The molecule has 1 atom stereocenters. The van der Waals surface area contributed by atoms with Crippen LogP contribution in [0, 0.1) is 0 Å². The van der Waals surface area contributed by atoms with Crippen LogP contribution in [0.5, 0.6) is 5.75 Å². The van der Waals surface area contributed by atoms with Crippen molar-refractivity contribution in [2.45, 2.75) is 25.5 Å². The Kier molecular flexibility index (Phi) is 5.34. The van der Waals surface area contributed by atoms with Gasteiger partial charge in [0.1, 0.15) is 23.1 Å². The number of amides is 2. The zero-order chi connectivity index (χ0) is 19.3. The fourth-order valence-electron chi connectivity index (χ4n) is 3.04. The molecule has 0 spiro atoms. The average Bonchev–Trinajstić information content (AvgIpc) is 3.37. The SMILES string of the molecule is O=C1CCC(c2cccc(NC(=O)c3csc(COc4ccccc4)n3)c2)N1. The highest BCUT2D eigenvalue weighted by Gasteiger charge is 2.22. The Morgan fingerprint density at radius 1 is 1.21 bits per heavy atom. The molecule has 0 radical (unpaired) electrons. The lowest BCUT2D eigenvalue weighted by Gasteiger charge is -2.12. The quantitative estimate of drug-likeness (QED) is 0.665. The van der Waals surface area contributed by atoms with E-state index in [1.807, 2.05) is 54.6 Å². The topological polar surface area (TPSA) is 80.3 Å². The third-order valence-electron chi connectivity index (χ3n) is 4.43. The van der Waals surface area contributed by atoms with Crippen LogP contribution < -0.4 is 15.4 Å². The number of hydrogen-bond acceptors (Lipinski definition) is 5.